The van der Waals surface area contributed by atoms with Crippen LogP contribution in [-0.4, -0.2) is 20.0 Å². The van der Waals surface area contributed by atoms with Crippen molar-refractivity contribution in [1.29, 1.82) is 0 Å². The Kier molecular flexibility index (Phi) is 3.39. The van der Waals surface area contributed by atoms with Crippen LogP contribution in [0, 0.1) is 13.8 Å². The van der Waals surface area contributed by atoms with Crippen LogP contribution in [0.1, 0.15) is 17.0 Å². The number of hydrogen-bond donors (Lipinski definition) is 2. The van der Waals surface area contributed by atoms with E-state index in [2.05, 4.69) is 15.3 Å². The Morgan fingerprint density at radius 1 is 1.13 bits per heavy atom. The van der Waals surface area contributed by atoms with Crippen LogP contribution in [0.3, 0.4) is 0 Å². The fraction of sp³-hybridized carbons (Fsp3) is 0.200. The largest absolute Gasteiger partial charge is 0.416 e. The molecule has 23 heavy (non-hydrogen) atoms. The molecule has 2 aromatic heterocycles. The predicted octanol–water partition coefficient (Wildman–Crippen LogP) is 3.19. The molecule has 3 aromatic rings. The van der Waals surface area contributed by atoms with E-state index < -0.39 is 11.7 Å². The van der Waals surface area contributed by atoms with Crippen molar-refractivity contribution in [1.82, 2.24) is 20.0 Å². The molecule has 0 aliphatic heterocycles. The number of nitrogens with zero attached hydrogens (tertiary/aromatic N) is 2. The molecule has 0 radical (unpaired) electrons. The first-order valence-electron chi connectivity index (χ1n) is 6.79. The van der Waals surface area contributed by atoms with E-state index in [9.17, 15) is 18.0 Å². The third kappa shape index (κ3) is 2.67. The van der Waals surface area contributed by atoms with Gasteiger partial charge in [0.1, 0.15) is 0 Å². The van der Waals surface area contributed by atoms with Gasteiger partial charge < -0.3 is 0 Å². The summed E-state index contributed by atoms with van der Waals surface area (Å²) in [5.41, 5.74) is 1.46. The molecule has 0 amide bonds. The Bertz CT molecular complexity index is 900. The number of nitrogens with one attached hydrogen (secondary N) is 2. The molecule has 120 valence electrons. The molecule has 8 heteroatoms. The van der Waals surface area contributed by atoms with E-state index in [1.165, 1.54) is 16.8 Å². The average Bonchev–Trinajstić information content (AvgIpc) is 3.02. The van der Waals surface area contributed by atoms with Crippen LogP contribution in [-0.2, 0) is 6.18 Å². The van der Waals surface area contributed by atoms with Crippen molar-refractivity contribution < 1.29 is 13.2 Å². The van der Waals surface area contributed by atoms with Gasteiger partial charge in [-0.25, -0.2) is 4.68 Å². The van der Waals surface area contributed by atoms with Gasteiger partial charge in [0.2, 0.25) is 0 Å². The highest BCUT2D eigenvalue weighted by molar-refractivity contribution is 5.61. The zero-order chi connectivity index (χ0) is 16.8. The lowest BCUT2D eigenvalue weighted by Crippen LogP contribution is -2.16. The van der Waals surface area contributed by atoms with Crippen molar-refractivity contribution in [3.05, 3.63) is 57.6 Å². The lowest BCUT2D eigenvalue weighted by atomic mass is 10.2. The Balaban J connectivity index is 2.07. The summed E-state index contributed by atoms with van der Waals surface area (Å²) in [6, 6.07) is 6.11. The van der Waals surface area contributed by atoms with Crippen molar-refractivity contribution in [3.8, 4) is 16.9 Å². The highest BCUT2D eigenvalue weighted by Crippen LogP contribution is 2.29. The maximum absolute atomic E-state index is 12.6. The third-order valence-corrected chi connectivity index (χ3v) is 3.49. The maximum Gasteiger partial charge on any atom is 0.416 e. The topological polar surface area (TPSA) is 66.5 Å². The van der Waals surface area contributed by atoms with Crippen LogP contribution in [0.4, 0.5) is 13.2 Å². The van der Waals surface area contributed by atoms with Gasteiger partial charge in [0.05, 0.1) is 22.5 Å². The molecule has 0 atom stereocenters. The van der Waals surface area contributed by atoms with E-state index in [0.29, 0.717) is 22.6 Å². The summed E-state index contributed by atoms with van der Waals surface area (Å²) in [6.45, 7) is 3.52. The van der Waals surface area contributed by atoms with Crippen LogP contribution in [0.2, 0.25) is 0 Å². The SMILES string of the molecule is Cc1cc(-c2c(C)[nH]n(-c3ccc(C(F)(F)F)cc3)c2=O)n[nH]1. The monoisotopic (exact) mass is 322 g/mol. The fourth-order valence-electron chi connectivity index (χ4n) is 2.38. The second-order valence-electron chi connectivity index (χ2n) is 5.23. The van der Waals surface area contributed by atoms with Crippen LogP contribution in [0.25, 0.3) is 16.9 Å². The van der Waals surface area contributed by atoms with Crippen LogP contribution >= 0.6 is 0 Å². The molecule has 0 aliphatic carbocycles. The first-order chi connectivity index (χ1) is 10.8. The lowest BCUT2D eigenvalue weighted by Gasteiger charge is -2.07. The van der Waals surface area contributed by atoms with Crippen molar-refractivity contribution in [3.63, 3.8) is 0 Å². The number of hydrogen-bond acceptors (Lipinski definition) is 2. The summed E-state index contributed by atoms with van der Waals surface area (Å²) in [5, 5.41) is 9.68. The van der Waals surface area contributed by atoms with Crippen molar-refractivity contribution in [2.24, 2.45) is 0 Å². The van der Waals surface area contributed by atoms with Crippen LogP contribution in [0.5, 0.6) is 0 Å². The minimum atomic E-state index is -4.41. The Morgan fingerprint density at radius 2 is 1.78 bits per heavy atom. The highest BCUT2D eigenvalue weighted by atomic mass is 19.4. The van der Waals surface area contributed by atoms with Gasteiger partial charge in [-0.3, -0.25) is 15.0 Å². The van der Waals surface area contributed by atoms with Gasteiger partial charge in [0.25, 0.3) is 5.56 Å². The zero-order valence-corrected chi connectivity index (χ0v) is 12.3. The number of halogens is 3. The van der Waals surface area contributed by atoms with Gasteiger partial charge in [-0.15, -0.1) is 0 Å². The highest BCUT2D eigenvalue weighted by Gasteiger charge is 2.30. The minimum absolute atomic E-state index is 0.324. The summed E-state index contributed by atoms with van der Waals surface area (Å²) < 4.78 is 39.0. The zero-order valence-electron chi connectivity index (χ0n) is 12.3. The van der Waals surface area contributed by atoms with Crippen LogP contribution in [0.15, 0.2) is 35.1 Å². The molecular formula is C15H13F3N4O. The Labute approximate surface area is 128 Å². The van der Waals surface area contributed by atoms with E-state index in [1.54, 1.807) is 13.0 Å². The molecule has 0 unspecified atom stereocenters. The number of alkyl halides is 3. The van der Waals surface area contributed by atoms with Gasteiger partial charge in [-0.2, -0.15) is 18.3 Å². The summed E-state index contributed by atoms with van der Waals surface area (Å²) in [5.74, 6) is 0. The molecule has 0 fully saturated rings. The van der Waals surface area contributed by atoms with E-state index in [0.717, 1.165) is 17.8 Å². The van der Waals surface area contributed by atoms with Gasteiger partial charge in [0, 0.05) is 11.4 Å². The molecule has 0 saturated carbocycles. The third-order valence-electron chi connectivity index (χ3n) is 3.49. The van der Waals surface area contributed by atoms with Gasteiger partial charge in [0.15, 0.2) is 0 Å². The van der Waals surface area contributed by atoms with Gasteiger partial charge in [-0.05, 0) is 44.2 Å². The van der Waals surface area contributed by atoms with Crippen LogP contribution < -0.4 is 5.56 Å². The van der Waals surface area contributed by atoms with E-state index in [4.69, 9.17) is 0 Å². The molecule has 5 nitrogen and oxygen atoms in total. The smallest absolute Gasteiger partial charge is 0.295 e. The van der Waals surface area contributed by atoms with Crippen molar-refractivity contribution >= 4 is 0 Å². The van der Waals surface area contributed by atoms with Gasteiger partial charge in [-0.1, -0.05) is 0 Å². The predicted molar refractivity (Wildman–Crippen MR) is 78.4 cm³/mol. The number of H-pyrrole nitrogens is 2. The number of aromatic nitrogens is 4. The molecule has 0 aliphatic rings. The molecule has 0 saturated heterocycles. The first kappa shape index (κ1) is 15.1. The summed E-state index contributed by atoms with van der Waals surface area (Å²) in [6.07, 6.45) is -4.41. The standard InChI is InChI=1S/C15H13F3N4O/c1-8-7-12(20-19-8)13-9(2)21-22(14(13)23)11-5-3-10(4-6-11)15(16,17)18/h3-7,21H,1-2H3,(H,19,20). The molecule has 3 rings (SSSR count). The Hall–Kier alpha value is -2.77. The lowest BCUT2D eigenvalue weighted by molar-refractivity contribution is -0.137. The second kappa shape index (κ2) is 5.15. The molecular weight excluding hydrogens is 309 g/mol. The Morgan fingerprint density at radius 3 is 2.30 bits per heavy atom. The number of aryl methyl sites for hydroxylation is 2. The maximum atomic E-state index is 12.6. The quantitative estimate of drug-likeness (QED) is 0.761. The van der Waals surface area contributed by atoms with Crippen molar-refractivity contribution in [2.45, 2.75) is 20.0 Å². The summed E-state index contributed by atoms with van der Waals surface area (Å²) in [7, 11) is 0. The normalized spacial score (nSPS) is 11.9. The number of aromatic amines is 2. The van der Waals surface area contributed by atoms with E-state index in [-0.39, 0.29) is 5.56 Å². The van der Waals surface area contributed by atoms with E-state index >= 15 is 0 Å². The van der Waals surface area contributed by atoms with Gasteiger partial charge >= 0.3 is 6.18 Å². The molecule has 0 spiro atoms. The minimum Gasteiger partial charge on any atom is -0.295 e. The molecule has 1 aromatic carbocycles. The second-order valence-corrected chi connectivity index (χ2v) is 5.23. The molecule has 2 heterocycles. The first-order valence-corrected chi connectivity index (χ1v) is 6.79. The summed E-state index contributed by atoms with van der Waals surface area (Å²) >= 11 is 0. The fourth-order valence-corrected chi connectivity index (χ4v) is 2.38. The average molecular weight is 322 g/mol. The van der Waals surface area contributed by atoms with Crippen molar-refractivity contribution in [2.75, 3.05) is 0 Å². The van der Waals surface area contributed by atoms with E-state index in [1.807, 2.05) is 6.92 Å². The molecule has 2 N–H and O–H groups in total. The summed E-state index contributed by atoms with van der Waals surface area (Å²) in [4.78, 5) is 12.5. The molecule has 0 bridgehead atoms. The number of rotatable bonds is 2. The number of benzene rings is 1.